The highest BCUT2D eigenvalue weighted by atomic mass is 14.9. The van der Waals surface area contributed by atoms with Gasteiger partial charge in [-0.25, -0.2) is 0 Å². The second kappa shape index (κ2) is 5.37. The van der Waals surface area contributed by atoms with E-state index in [9.17, 15) is 0 Å². The van der Waals surface area contributed by atoms with Crippen LogP contribution in [0.5, 0.6) is 0 Å². The summed E-state index contributed by atoms with van der Waals surface area (Å²) in [5, 5.41) is 3.56. The van der Waals surface area contributed by atoms with Crippen molar-refractivity contribution in [3.05, 3.63) is 66.0 Å². The first-order valence-corrected chi connectivity index (χ1v) is 7.41. The summed E-state index contributed by atoms with van der Waals surface area (Å²) in [5.41, 5.74) is 2.92. The lowest BCUT2D eigenvalue weighted by Crippen LogP contribution is -2.42. The third kappa shape index (κ3) is 2.25. The zero-order valence-electron chi connectivity index (χ0n) is 12.2. The molecular weight excluding hydrogens is 244 g/mol. The molecule has 104 valence electrons. The molecule has 1 aromatic heterocycles. The molecule has 1 N–H and O–H groups in total. The van der Waals surface area contributed by atoms with Gasteiger partial charge in [-0.3, -0.25) is 4.98 Å². The molecule has 1 fully saturated rings. The Bertz CT molecular complexity index is 546. The first-order valence-electron chi connectivity index (χ1n) is 7.41. The van der Waals surface area contributed by atoms with Crippen LogP contribution in [0.4, 0.5) is 0 Å². The third-order valence-corrected chi connectivity index (χ3v) is 4.70. The van der Waals surface area contributed by atoms with E-state index in [1.165, 1.54) is 24.1 Å². The Labute approximate surface area is 121 Å². The van der Waals surface area contributed by atoms with E-state index in [0.29, 0.717) is 12.0 Å². The average Bonchev–Trinajstić information content (AvgIpc) is 3.31. The van der Waals surface area contributed by atoms with Crippen LogP contribution in [0.3, 0.4) is 0 Å². The molecule has 20 heavy (non-hydrogen) atoms. The molecule has 0 bridgehead atoms. The summed E-state index contributed by atoms with van der Waals surface area (Å²) in [6.45, 7) is 2.28. The van der Waals surface area contributed by atoms with E-state index in [0.717, 1.165) is 0 Å². The number of hydrogen-bond donors (Lipinski definition) is 1. The number of nitrogens with zero attached hydrogens (tertiary/aromatic N) is 1. The topological polar surface area (TPSA) is 24.9 Å². The zero-order chi connectivity index (χ0) is 14.0. The van der Waals surface area contributed by atoms with E-state index < -0.39 is 0 Å². The van der Waals surface area contributed by atoms with Gasteiger partial charge in [-0.05, 0) is 37.6 Å². The lowest BCUT2D eigenvalue weighted by molar-refractivity contribution is 0.386. The monoisotopic (exact) mass is 266 g/mol. The fourth-order valence-electron chi connectivity index (χ4n) is 3.50. The Morgan fingerprint density at radius 2 is 1.75 bits per heavy atom. The Hall–Kier alpha value is -1.67. The molecule has 1 aromatic carbocycles. The van der Waals surface area contributed by atoms with Crippen molar-refractivity contribution < 1.29 is 0 Å². The fraction of sp³-hybridized carbons (Fsp3) is 0.389. The van der Waals surface area contributed by atoms with Gasteiger partial charge in [0.15, 0.2) is 0 Å². The molecule has 1 aliphatic rings. The Morgan fingerprint density at radius 1 is 1.05 bits per heavy atom. The van der Waals surface area contributed by atoms with Crippen molar-refractivity contribution in [2.24, 2.45) is 0 Å². The van der Waals surface area contributed by atoms with Gasteiger partial charge in [-0.1, -0.05) is 43.3 Å². The maximum Gasteiger partial charge on any atom is 0.0447 e. The summed E-state index contributed by atoms with van der Waals surface area (Å²) in [4.78, 5) is 4.54. The van der Waals surface area contributed by atoms with Crippen molar-refractivity contribution in [2.75, 3.05) is 7.05 Å². The van der Waals surface area contributed by atoms with E-state index >= 15 is 0 Å². The molecule has 0 saturated heterocycles. The minimum Gasteiger partial charge on any atom is -0.315 e. The van der Waals surface area contributed by atoms with Crippen molar-refractivity contribution in [1.29, 1.82) is 0 Å². The third-order valence-electron chi connectivity index (χ3n) is 4.70. The van der Waals surface area contributed by atoms with E-state index in [1.54, 1.807) is 0 Å². The molecule has 1 aliphatic carbocycles. The molecule has 1 heterocycles. The van der Waals surface area contributed by atoms with Crippen LogP contribution < -0.4 is 5.32 Å². The van der Waals surface area contributed by atoms with Crippen molar-refractivity contribution in [3.8, 4) is 0 Å². The van der Waals surface area contributed by atoms with Crippen LogP contribution in [-0.4, -0.2) is 18.1 Å². The lowest BCUT2D eigenvalue weighted by Gasteiger charge is -2.32. The molecule has 0 aliphatic heterocycles. The molecule has 2 nitrogen and oxygen atoms in total. The van der Waals surface area contributed by atoms with E-state index in [4.69, 9.17) is 0 Å². The molecule has 1 saturated carbocycles. The second-order valence-electron chi connectivity index (χ2n) is 5.83. The number of likely N-dealkylation sites (N-methyl/N-ethyl adjacent to an activating group) is 1. The average molecular weight is 266 g/mol. The smallest absolute Gasteiger partial charge is 0.0447 e. The van der Waals surface area contributed by atoms with Gasteiger partial charge in [0, 0.05) is 29.3 Å². The van der Waals surface area contributed by atoms with Crippen LogP contribution in [0.25, 0.3) is 0 Å². The Balaban J connectivity index is 1.91. The standard InChI is InChI=1S/C18H22N2/c1-14(16-10-6-7-13-20-16)17(19-2)18(11-12-18)15-8-4-3-5-9-15/h3-10,13-14,17,19H,11-12H2,1-2H3. The second-order valence-corrected chi connectivity index (χ2v) is 5.83. The van der Waals surface area contributed by atoms with Crippen LogP contribution in [0.1, 0.15) is 36.9 Å². The molecular formula is C18H22N2. The van der Waals surface area contributed by atoms with Crippen LogP contribution in [0.2, 0.25) is 0 Å². The zero-order valence-corrected chi connectivity index (χ0v) is 12.2. The summed E-state index contributed by atoms with van der Waals surface area (Å²) in [6, 6.07) is 17.5. The quantitative estimate of drug-likeness (QED) is 0.896. The van der Waals surface area contributed by atoms with Gasteiger partial charge < -0.3 is 5.32 Å². The highest BCUT2D eigenvalue weighted by Gasteiger charge is 2.52. The summed E-state index contributed by atoms with van der Waals surface area (Å²) in [7, 11) is 2.08. The molecule has 0 amide bonds. The highest BCUT2D eigenvalue weighted by Crippen LogP contribution is 2.53. The van der Waals surface area contributed by atoms with Crippen molar-refractivity contribution in [1.82, 2.24) is 10.3 Å². The maximum atomic E-state index is 4.54. The first kappa shape index (κ1) is 13.3. The normalized spacial score (nSPS) is 19.3. The lowest BCUT2D eigenvalue weighted by atomic mass is 9.80. The number of rotatable bonds is 5. The molecule has 0 radical (unpaired) electrons. The largest absolute Gasteiger partial charge is 0.315 e. The van der Waals surface area contributed by atoms with Gasteiger partial charge in [-0.2, -0.15) is 0 Å². The van der Waals surface area contributed by atoms with Gasteiger partial charge >= 0.3 is 0 Å². The number of benzene rings is 1. The number of hydrogen-bond acceptors (Lipinski definition) is 2. The maximum absolute atomic E-state index is 4.54. The van der Waals surface area contributed by atoms with Crippen molar-refractivity contribution in [3.63, 3.8) is 0 Å². The van der Waals surface area contributed by atoms with E-state index in [2.05, 4.69) is 66.7 Å². The summed E-state index contributed by atoms with van der Waals surface area (Å²) in [5.74, 6) is 0.406. The predicted octanol–water partition coefficient (Wildman–Crippen LogP) is 3.50. The molecule has 2 heteroatoms. The van der Waals surface area contributed by atoms with Gasteiger partial charge in [0.1, 0.15) is 0 Å². The van der Waals surface area contributed by atoms with Crippen molar-refractivity contribution >= 4 is 0 Å². The minimum absolute atomic E-state index is 0.285. The Kier molecular flexibility index (Phi) is 3.58. The Morgan fingerprint density at radius 3 is 2.30 bits per heavy atom. The van der Waals surface area contributed by atoms with E-state index in [1.807, 2.05) is 12.3 Å². The van der Waals surface area contributed by atoms with Gasteiger partial charge in [-0.15, -0.1) is 0 Å². The van der Waals surface area contributed by atoms with Crippen LogP contribution in [0.15, 0.2) is 54.7 Å². The van der Waals surface area contributed by atoms with Crippen LogP contribution in [-0.2, 0) is 5.41 Å². The number of aromatic nitrogens is 1. The number of pyridine rings is 1. The predicted molar refractivity (Wildman–Crippen MR) is 82.9 cm³/mol. The molecule has 0 spiro atoms. The van der Waals surface area contributed by atoms with Crippen molar-refractivity contribution in [2.45, 2.75) is 37.1 Å². The van der Waals surface area contributed by atoms with Gasteiger partial charge in [0.25, 0.3) is 0 Å². The minimum atomic E-state index is 0.285. The molecule has 2 aromatic rings. The highest BCUT2D eigenvalue weighted by molar-refractivity contribution is 5.36. The summed E-state index contributed by atoms with van der Waals surface area (Å²) in [6.07, 6.45) is 4.42. The van der Waals surface area contributed by atoms with Gasteiger partial charge in [0.05, 0.1) is 0 Å². The molecule has 3 rings (SSSR count). The SMILES string of the molecule is CNC(C(C)c1ccccn1)C1(c2ccccc2)CC1. The first-order chi connectivity index (χ1) is 9.78. The summed E-state index contributed by atoms with van der Waals surface area (Å²) < 4.78 is 0. The summed E-state index contributed by atoms with van der Waals surface area (Å²) >= 11 is 0. The fourth-order valence-corrected chi connectivity index (χ4v) is 3.50. The number of nitrogens with one attached hydrogen (secondary N) is 1. The van der Waals surface area contributed by atoms with Crippen LogP contribution in [0, 0.1) is 0 Å². The van der Waals surface area contributed by atoms with E-state index in [-0.39, 0.29) is 5.41 Å². The molecule has 2 atom stereocenters. The van der Waals surface area contributed by atoms with Crippen LogP contribution >= 0.6 is 0 Å². The van der Waals surface area contributed by atoms with Gasteiger partial charge in [0.2, 0.25) is 0 Å². The molecule has 2 unspecified atom stereocenters.